The minimum Gasteiger partial charge on any atom is -0.333 e. The number of alkyl halides is 1. The van der Waals surface area contributed by atoms with E-state index in [1.54, 1.807) is 13.8 Å². The Bertz CT molecular complexity index is 1140. The summed E-state index contributed by atoms with van der Waals surface area (Å²) < 4.78 is 13.9. The van der Waals surface area contributed by atoms with Gasteiger partial charge in [-0.3, -0.25) is 0 Å². The highest BCUT2D eigenvalue weighted by Crippen LogP contribution is 2.28. The van der Waals surface area contributed by atoms with Crippen molar-refractivity contribution in [1.82, 2.24) is 0 Å². The van der Waals surface area contributed by atoms with Crippen molar-refractivity contribution < 1.29 is 4.39 Å². The summed E-state index contributed by atoms with van der Waals surface area (Å²) in [5.74, 6) is 0. The Kier molecular flexibility index (Phi) is 11.6. The molecule has 0 heterocycles. The van der Waals surface area contributed by atoms with Gasteiger partial charge in [0.1, 0.15) is 5.67 Å². The quantitative estimate of drug-likeness (QED) is 0.369. The lowest BCUT2D eigenvalue weighted by molar-refractivity contribution is 0.221. The Balaban J connectivity index is 0.000000464. The maximum absolute atomic E-state index is 13.9. The maximum Gasteiger partial charge on any atom is 0.130 e. The Morgan fingerprint density at radius 1 is 0.771 bits per heavy atom. The van der Waals surface area contributed by atoms with E-state index in [9.17, 15) is 4.39 Å². The van der Waals surface area contributed by atoms with Gasteiger partial charge in [-0.25, -0.2) is 4.39 Å². The number of nitrogens with two attached hydrogens (primary N) is 1. The average molecular weight is 472 g/mol. The van der Waals surface area contributed by atoms with Gasteiger partial charge in [-0.1, -0.05) is 97.1 Å². The van der Waals surface area contributed by atoms with Crippen molar-refractivity contribution in [3.05, 3.63) is 125 Å². The smallest absolute Gasteiger partial charge is 0.130 e. The van der Waals surface area contributed by atoms with Crippen molar-refractivity contribution in [2.75, 3.05) is 7.05 Å². The van der Waals surface area contributed by atoms with E-state index in [0.29, 0.717) is 5.56 Å². The number of hydrogen-bond acceptors (Lipinski definition) is 1. The zero-order valence-electron chi connectivity index (χ0n) is 22.8. The Morgan fingerprint density at radius 2 is 1.26 bits per heavy atom. The summed E-state index contributed by atoms with van der Waals surface area (Å²) in [5, 5.41) is 0. The minimum absolute atomic E-state index is 0.694. The van der Waals surface area contributed by atoms with E-state index in [1.807, 2.05) is 31.2 Å². The number of aryl methyl sites for hydroxylation is 3. The second-order valence-corrected chi connectivity index (χ2v) is 9.35. The monoisotopic (exact) mass is 471 g/mol. The van der Waals surface area contributed by atoms with Crippen molar-refractivity contribution in [2.45, 2.75) is 54.1 Å². The van der Waals surface area contributed by atoms with Crippen LogP contribution in [0.3, 0.4) is 0 Å². The van der Waals surface area contributed by atoms with E-state index in [1.165, 1.54) is 23.7 Å². The molecule has 0 unspecified atom stereocenters. The number of halogens is 1. The molecule has 2 heteroatoms. The van der Waals surface area contributed by atoms with Gasteiger partial charge in [0, 0.05) is 0 Å². The van der Waals surface area contributed by atoms with E-state index in [4.69, 9.17) is 0 Å². The molecule has 0 radical (unpaired) electrons. The molecule has 0 aliphatic rings. The molecule has 0 aliphatic heterocycles. The Labute approximate surface area is 212 Å². The van der Waals surface area contributed by atoms with E-state index in [2.05, 4.69) is 95.1 Å². The van der Waals surface area contributed by atoms with Crippen molar-refractivity contribution >= 4 is 5.57 Å². The molecule has 0 saturated carbocycles. The number of rotatable bonds is 5. The second kappa shape index (κ2) is 13.6. The molecule has 0 spiro atoms. The third kappa shape index (κ3) is 9.50. The third-order valence-electron chi connectivity index (χ3n) is 5.85. The first-order valence-electron chi connectivity index (χ1n) is 11.9. The minimum atomic E-state index is -1.31. The van der Waals surface area contributed by atoms with Gasteiger partial charge < -0.3 is 5.73 Å². The summed E-state index contributed by atoms with van der Waals surface area (Å²) in [7, 11) is 1.50. The molecule has 0 aromatic heterocycles. The highest BCUT2D eigenvalue weighted by Gasteiger charge is 2.18. The highest BCUT2D eigenvalue weighted by molar-refractivity contribution is 5.71. The first-order valence-corrected chi connectivity index (χ1v) is 11.9. The molecule has 0 amide bonds. The van der Waals surface area contributed by atoms with Crippen LogP contribution in [0.15, 0.2) is 97.1 Å². The van der Waals surface area contributed by atoms with Crippen LogP contribution in [0, 0.1) is 20.8 Å². The average Bonchev–Trinajstić information content (AvgIpc) is 2.83. The number of allylic oxidation sites excluding steroid dienone is 4. The lowest BCUT2D eigenvalue weighted by Gasteiger charge is -2.15. The standard InChI is InChI=1S/C23H25F.C9H12.CH5N/c1-16(2)17(3)15-18(4)19-7-9-20(10-8-19)21-11-13-22(14-12-21)23(5,6)24;1-7-4-5-8(2)9(3)6-7;1-2/h7-15H,1,3H2,2,4-6H3;4-6H,1-3H3;2H2,1H3/b18-15+;;. The summed E-state index contributed by atoms with van der Waals surface area (Å²) >= 11 is 0. The lowest BCUT2D eigenvalue weighted by Crippen LogP contribution is -2.08. The molecule has 186 valence electrons. The Morgan fingerprint density at radius 3 is 1.66 bits per heavy atom. The van der Waals surface area contributed by atoms with Crippen LogP contribution in [-0.4, -0.2) is 7.05 Å². The molecule has 3 rings (SSSR count). The van der Waals surface area contributed by atoms with E-state index in [-0.39, 0.29) is 0 Å². The predicted octanol–water partition coefficient (Wildman–Crippen LogP) is 9.28. The second-order valence-electron chi connectivity index (χ2n) is 9.35. The molecular formula is C33H42FN. The van der Waals surface area contributed by atoms with Crippen LogP contribution in [0.25, 0.3) is 16.7 Å². The molecule has 35 heavy (non-hydrogen) atoms. The van der Waals surface area contributed by atoms with Crippen molar-refractivity contribution in [2.24, 2.45) is 5.73 Å². The van der Waals surface area contributed by atoms with Crippen molar-refractivity contribution in [3.63, 3.8) is 0 Å². The van der Waals surface area contributed by atoms with Gasteiger partial charge in [-0.05, 0) is 100 Å². The molecule has 0 fully saturated rings. The lowest BCUT2D eigenvalue weighted by atomic mass is 9.95. The van der Waals surface area contributed by atoms with Crippen LogP contribution >= 0.6 is 0 Å². The van der Waals surface area contributed by atoms with Gasteiger partial charge in [0.05, 0.1) is 0 Å². The van der Waals surface area contributed by atoms with E-state index in [0.717, 1.165) is 33.4 Å². The van der Waals surface area contributed by atoms with Gasteiger partial charge in [0.2, 0.25) is 0 Å². The molecule has 0 atom stereocenters. The Hall–Kier alpha value is -3.23. The molecule has 0 bridgehead atoms. The fraction of sp³-hybridized carbons (Fsp3) is 0.273. The summed E-state index contributed by atoms with van der Waals surface area (Å²) in [5.41, 5.74) is 14.4. The third-order valence-corrected chi connectivity index (χ3v) is 5.85. The van der Waals surface area contributed by atoms with E-state index >= 15 is 0 Å². The summed E-state index contributed by atoms with van der Waals surface area (Å²) in [6.07, 6.45) is 2.05. The fourth-order valence-corrected chi connectivity index (χ4v) is 3.34. The van der Waals surface area contributed by atoms with Crippen LogP contribution < -0.4 is 5.73 Å². The molecule has 3 aromatic rings. The normalized spacial score (nSPS) is 11.0. The van der Waals surface area contributed by atoms with E-state index < -0.39 is 5.67 Å². The SMILES string of the molecule is C=C(C)C(=C)/C=C(\C)c1ccc(-c2ccc(C(C)(C)F)cc2)cc1.CN.Cc1ccc(C)c(C)c1. The van der Waals surface area contributed by atoms with Gasteiger partial charge in [-0.15, -0.1) is 0 Å². The molecule has 2 N–H and O–H groups in total. The first kappa shape index (κ1) is 29.8. The molecular weight excluding hydrogens is 429 g/mol. The van der Waals surface area contributed by atoms with Crippen molar-refractivity contribution in [3.8, 4) is 11.1 Å². The van der Waals surface area contributed by atoms with Crippen LogP contribution in [-0.2, 0) is 5.67 Å². The number of hydrogen-bond donors (Lipinski definition) is 1. The van der Waals surface area contributed by atoms with Gasteiger partial charge >= 0.3 is 0 Å². The fourth-order valence-electron chi connectivity index (χ4n) is 3.34. The first-order chi connectivity index (χ1) is 16.4. The van der Waals surface area contributed by atoms with Crippen LogP contribution in [0.5, 0.6) is 0 Å². The van der Waals surface area contributed by atoms with Crippen LogP contribution in [0.4, 0.5) is 4.39 Å². The van der Waals surface area contributed by atoms with Gasteiger partial charge in [-0.2, -0.15) is 0 Å². The maximum atomic E-state index is 13.9. The topological polar surface area (TPSA) is 26.0 Å². The number of benzene rings is 3. The summed E-state index contributed by atoms with van der Waals surface area (Å²) in [4.78, 5) is 0. The van der Waals surface area contributed by atoms with Crippen molar-refractivity contribution in [1.29, 1.82) is 0 Å². The molecule has 1 nitrogen and oxygen atoms in total. The van der Waals surface area contributed by atoms with Crippen LogP contribution in [0.2, 0.25) is 0 Å². The van der Waals surface area contributed by atoms with Crippen LogP contribution in [0.1, 0.15) is 55.5 Å². The van der Waals surface area contributed by atoms with Gasteiger partial charge in [0.25, 0.3) is 0 Å². The molecule has 0 aliphatic carbocycles. The zero-order chi connectivity index (χ0) is 26.8. The summed E-state index contributed by atoms with van der Waals surface area (Å²) in [6, 6.07) is 22.5. The summed E-state index contributed by atoms with van der Waals surface area (Å²) in [6.45, 7) is 21.5. The predicted molar refractivity (Wildman–Crippen MR) is 154 cm³/mol. The largest absolute Gasteiger partial charge is 0.333 e. The zero-order valence-corrected chi connectivity index (χ0v) is 22.8. The van der Waals surface area contributed by atoms with Gasteiger partial charge in [0.15, 0.2) is 0 Å². The molecule has 0 saturated heterocycles. The molecule has 3 aromatic carbocycles. The highest BCUT2D eigenvalue weighted by atomic mass is 19.1.